The number of anilines is 1. The summed E-state index contributed by atoms with van der Waals surface area (Å²) in [5.41, 5.74) is 1.16. The number of benzene rings is 2. The summed E-state index contributed by atoms with van der Waals surface area (Å²) in [6, 6.07) is 12.5. The molecule has 2 heterocycles. The number of amides is 1. The lowest BCUT2D eigenvalue weighted by atomic mass is 9.95. The molecule has 1 amide bonds. The lowest BCUT2D eigenvalue weighted by Gasteiger charge is -2.23. The molecule has 1 saturated heterocycles. The monoisotopic (exact) mass is 536 g/mol. The molecule has 9 nitrogen and oxygen atoms in total. The highest BCUT2D eigenvalue weighted by Crippen LogP contribution is 2.44. The minimum absolute atomic E-state index is 0.0988. The van der Waals surface area contributed by atoms with Gasteiger partial charge in [0.25, 0.3) is 5.78 Å². The quantitative estimate of drug-likeness (QED) is 0.175. The number of ketones is 1. The second kappa shape index (κ2) is 11.5. The van der Waals surface area contributed by atoms with Gasteiger partial charge in [-0.25, -0.2) is 9.78 Å². The zero-order valence-electron chi connectivity index (χ0n) is 21.5. The Morgan fingerprint density at radius 1 is 1.11 bits per heavy atom. The summed E-state index contributed by atoms with van der Waals surface area (Å²) in [6.45, 7) is 5.98. The fourth-order valence-electron chi connectivity index (χ4n) is 4.11. The van der Waals surface area contributed by atoms with Gasteiger partial charge >= 0.3 is 11.9 Å². The molecule has 4 rings (SSSR count). The minimum Gasteiger partial charge on any atom is -0.507 e. The van der Waals surface area contributed by atoms with Crippen molar-refractivity contribution >= 4 is 39.9 Å². The lowest BCUT2D eigenvalue weighted by molar-refractivity contribution is -0.132. The Morgan fingerprint density at radius 3 is 2.50 bits per heavy atom. The number of carbonyl (C=O) groups is 3. The molecule has 0 aliphatic carbocycles. The predicted molar refractivity (Wildman–Crippen MR) is 143 cm³/mol. The van der Waals surface area contributed by atoms with E-state index in [1.807, 2.05) is 6.92 Å². The molecule has 3 aromatic rings. The largest absolute Gasteiger partial charge is 0.507 e. The minimum atomic E-state index is -0.998. The third-order valence-corrected chi connectivity index (χ3v) is 7.05. The maximum atomic E-state index is 13.4. The van der Waals surface area contributed by atoms with Crippen LogP contribution in [-0.4, -0.2) is 48.1 Å². The number of aliphatic hydroxyl groups is 1. The maximum absolute atomic E-state index is 13.4. The molecule has 2 aromatic carbocycles. The molecule has 0 saturated carbocycles. The Kier molecular flexibility index (Phi) is 8.11. The number of esters is 1. The number of ether oxygens (including phenoxy) is 3. The third kappa shape index (κ3) is 5.12. The smallest absolute Gasteiger partial charge is 0.350 e. The number of aliphatic hydroxyl groups excluding tert-OH is 1. The van der Waals surface area contributed by atoms with E-state index in [1.54, 1.807) is 62.4 Å². The van der Waals surface area contributed by atoms with Crippen LogP contribution < -0.4 is 14.4 Å². The van der Waals surface area contributed by atoms with Gasteiger partial charge in [0, 0.05) is 5.56 Å². The van der Waals surface area contributed by atoms with E-state index in [-0.39, 0.29) is 27.9 Å². The molecule has 1 fully saturated rings. The van der Waals surface area contributed by atoms with Crippen molar-refractivity contribution in [2.75, 3.05) is 25.2 Å². The molecule has 1 aromatic heterocycles. The number of rotatable bonds is 9. The number of carbonyl (C=O) groups excluding carboxylic acids is 3. The molecule has 0 radical (unpaired) electrons. The summed E-state index contributed by atoms with van der Waals surface area (Å²) in [4.78, 5) is 45.1. The first-order valence-electron chi connectivity index (χ1n) is 12.1. The molecule has 1 aliphatic rings. The summed E-state index contributed by atoms with van der Waals surface area (Å²) >= 11 is 0.956. The standard InChI is InChI=1S/C28H28N2O7S/c1-5-14-37-20-9-7-8-18(15-20)23(31)21-22(17-10-12-19(35-4)13-11-17)30(26(33)24(21)32)28-29-16(3)25(38-28)27(34)36-6-2/h7-13,15,22,31H,5-6,14H2,1-4H3/b23-21+. The molecule has 0 bridgehead atoms. The third-order valence-electron chi connectivity index (χ3n) is 5.91. The first-order valence-corrected chi connectivity index (χ1v) is 12.9. The SMILES string of the molecule is CCCOc1cccc(/C(O)=C2\C(=O)C(=O)N(c3nc(C)c(C(=O)OCC)s3)C2c2ccc(OC)cc2)c1. The summed E-state index contributed by atoms with van der Waals surface area (Å²) < 4.78 is 16.1. The topological polar surface area (TPSA) is 115 Å². The van der Waals surface area contributed by atoms with Gasteiger partial charge < -0.3 is 19.3 Å². The first kappa shape index (κ1) is 26.9. The molecule has 0 spiro atoms. The zero-order valence-corrected chi connectivity index (χ0v) is 22.3. The van der Waals surface area contributed by atoms with Crippen LogP contribution in [0, 0.1) is 6.92 Å². The average Bonchev–Trinajstić information content (AvgIpc) is 3.43. The van der Waals surface area contributed by atoms with Gasteiger partial charge in [-0.15, -0.1) is 0 Å². The summed E-state index contributed by atoms with van der Waals surface area (Å²) in [5, 5.41) is 11.5. The molecule has 1 N–H and O–H groups in total. The van der Waals surface area contributed by atoms with Crippen LogP contribution in [0.3, 0.4) is 0 Å². The second-order valence-corrected chi connectivity index (χ2v) is 9.43. The van der Waals surface area contributed by atoms with Crippen LogP contribution in [0.25, 0.3) is 5.76 Å². The molecule has 1 unspecified atom stereocenters. The van der Waals surface area contributed by atoms with Gasteiger partial charge in [-0.3, -0.25) is 14.5 Å². The van der Waals surface area contributed by atoms with E-state index in [2.05, 4.69) is 4.98 Å². The van der Waals surface area contributed by atoms with Crippen molar-refractivity contribution in [2.24, 2.45) is 0 Å². The number of hydrogen-bond acceptors (Lipinski definition) is 9. The maximum Gasteiger partial charge on any atom is 0.350 e. The molecule has 1 atom stereocenters. The fourth-order valence-corrected chi connectivity index (χ4v) is 5.10. The van der Waals surface area contributed by atoms with E-state index in [1.165, 1.54) is 12.0 Å². The van der Waals surface area contributed by atoms with Crippen molar-refractivity contribution in [3.63, 3.8) is 0 Å². The van der Waals surface area contributed by atoms with Crippen molar-refractivity contribution < 1.29 is 33.7 Å². The van der Waals surface area contributed by atoms with Gasteiger partial charge in [-0.1, -0.05) is 42.5 Å². The van der Waals surface area contributed by atoms with Crippen LogP contribution in [0.15, 0.2) is 54.1 Å². The molecular formula is C28H28N2O7S. The van der Waals surface area contributed by atoms with Crippen LogP contribution in [0.4, 0.5) is 5.13 Å². The molecule has 198 valence electrons. The van der Waals surface area contributed by atoms with E-state index >= 15 is 0 Å². The van der Waals surface area contributed by atoms with Gasteiger partial charge in [-0.05, 0) is 50.1 Å². The Hall–Kier alpha value is -4.18. The number of thiazole rings is 1. The first-order chi connectivity index (χ1) is 18.3. The fraction of sp³-hybridized carbons (Fsp3) is 0.286. The highest BCUT2D eigenvalue weighted by atomic mass is 32.1. The van der Waals surface area contributed by atoms with Gasteiger partial charge in [0.2, 0.25) is 0 Å². The van der Waals surface area contributed by atoms with Crippen LogP contribution in [-0.2, 0) is 14.3 Å². The van der Waals surface area contributed by atoms with Gasteiger partial charge in [-0.2, -0.15) is 0 Å². The van der Waals surface area contributed by atoms with Crippen molar-refractivity contribution in [1.82, 2.24) is 4.98 Å². The average molecular weight is 537 g/mol. The number of Topliss-reactive ketones (excluding diaryl/α,β-unsaturated/α-hetero) is 1. The van der Waals surface area contributed by atoms with Crippen LogP contribution in [0.1, 0.15) is 52.8 Å². The highest BCUT2D eigenvalue weighted by Gasteiger charge is 2.48. The summed E-state index contributed by atoms with van der Waals surface area (Å²) in [7, 11) is 1.53. The number of aromatic nitrogens is 1. The number of methoxy groups -OCH3 is 1. The van der Waals surface area contributed by atoms with E-state index < -0.39 is 23.7 Å². The van der Waals surface area contributed by atoms with Crippen LogP contribution in [0.2, 0.25) is 0 Å². The van der Waals surface area contributed by atoms with E-state index in [9.17, 15) is 19.5 Å². The molecular weight excluding hydrogens is 508 g/mol. The second-order valence-electron chi connectivity index (χ2n) is 8.45. The number of aryl methyl sites for hydroxylation is 1. The number of nitrogens with zero attached hydrogens (tertiary/aromatic N) is 2. The van der Waals surface area contributed by atoms with Crippen molar-refractivity contribution in [3.05, 3.63) is 75.8 Å². The Morgan fingerprint density at radius 2 is 1.84 bits per heavy atom. The van der Waals surface area contributed by atoms with Gasteiger partial charge in [0.1, 0.15) is 22.1 Å². The predicted octanol–water partition coefficient (Wildman–Crippen LogP) is 5.05. The van der Waals surface area contributed by atoms with Crippen LogP contribution in [0.5, 0.6) is 11.5 Å². The van der Waals surface area contributed by atoms with E-state index in [4.69, 9.17) is 14.2 Å². The lowest BCUT2D eigenvalue weighted by Crippen LogP contribution is -2.29. The molecule has 38 heavy (non-hydrogen) atoms. The molecule has 10 heteroatoms. The van der Waals surface area contributed by atoms with Gasteiger partial charge in [0.05, 0.1) is 37.6 Å². The van der Waals surface area contributed by atoms with E-state index in [0.717, 1.165) is 17.8 Å². The van der Waals surface area contributed by atoms with Crippen molar-refractivity contribution in [3.8, 4) is 11.5 Å². The summed E-state index contributed by atoms with van der Waals surface area (Å²) in [6.07, 6.45) is 0.805. The Labute approximate surface area is 224 Å². The van der Waals surface area contributed by atoms with E-state index in [0.29, 0.717) is 34.9 Å². The highest BCUT2D eigenvalue weighted by molar-refractivity contribution is 7.17. The van der Waals surface area contributed by atoms with Crippen LogP contribution >= 0.6 is 11.3 Å². The van der Waals surface area contributed by atoms with Gasteiger partial charge in [0.15, 0.2) is 5.13 Å². The Bertz CT molecular complexity index is 1390. The Balaban J connectivity index is 1.87. The zero-order chi connectivity index (χ0) is 27.4. The summed E-state index contributed by atoms with van der Waals surface area (Å²) in [5.74, 6) is -1.52. The van der Waals surface area contributed by atoms with Crippen molar-refractivity contribution in [1.29, 1.82) is 0 Å². The molecule has 1 aliphatic heterocycles. The van der Waals surface area contributed by atoms with Crippen molar-refractivity contribution in [2.45, 2.75) is 33.2 Å². The number of hydrogen-bond donors (Lipinski definition) is 1. The normalized spacial score (nSPS) is 16.5.